The van der Waals surface area contributed by atoms with E-state index in [1.54, 1.807) is 0 Å². The lowest BCUT2D eigenvalue weighted by Gasteiger charge is -2.08. The maximum atomic E-state index is 13.4. The number of nitrogens with one attached hydrogen (secondary N) is 1. The molecule has 0 bridgehead atoms. The van der Waals surface area contributed by atoms with E-state index >= 15 is 0 Å². The van der Waals surface area contributed by atoms with E-state index < -0.39 is 17.7 Å². The monoisotopic (exact) mass is 337 g/mol. The summed E-state index contributed by atoms with van der Waals surface area (Å²) < 4.78 is 53.2. The van der Waals surface area contributed by atoms with Crippen molar-refractivity contribution in [3.63, 3.8) is 0 Å². The third kappa shape index (κ3) is 2.05. The summed E-state index contributed by atoms with van der Waals surface area (Å²) >= 11 is 0. The Kier molecular flexibility index (Phi) is 2.77. The first-order valence-corrected chi connectivity index (χ1v) is 6.57. The lowest BCUT2D eigenvalue weighted by molar-refractivity contribution is -0.142. The molecule has 3 N–H and O–H groups in total. The van der Waals surface area contributed by atoms with Crippen LogP contribution in [0, 0.1) is 5.82 Å². The Bertz CT molecular complexity index is 1080. The van der Waals surface area contributed by atoms with Crippen molar-refractivity contribution in [1.82, 2.24) is 29.8 Å². The van der Waals surface area contributed by atoms with Gasteiger partial charge in [-0.25, -0.2) is 18.9 Å². The molecule has 4 aromatic rings. The molecule has 0 aliphatic carbocycles. The molecule has 0 unspecified atom stereocenters. The van der Waals surface area contributed by atoms with Gasteiger partial charge in [-0.3, -0.25) is 5.10 Å². The van der Waals surface area contributed by atoms with E-state index in [4.69, 9.17) is 5.73 Å². The Labute approximate surface area is 130 Å². The Morgan fingerprint density at radius 1 is 1.21 bits per heavy atom. The zero-order valence-corrected chi connectivity index (χ0v) is 11.6. The standard InChI is InChI=1S/C13H7F4N7/c14-5-3-6-9(21-22-11(6)19-4-5)12-20-10(18)7-1-2-8(13(15,16)17)24(7)23-12/h1-4H,(H2,18,20,23)(H,19,21,22). The van der Waals surface area contributed by atoms with Gasteiger partial charge in [-0.2, -0.15) is 18.3 Å². The summed E-state index contributed by atoms with van der Waals surface area (Å²) in [6.07, 6.45) is -3.65. The van der Waals surface area contributed by atoms with Gasteiger partial charge in [0.1, 0.15) is 22.7 Å². The molecule has 0 radical (unpaired) electrons. The number of alkyl halides is 3. The number of halogens is 4. The van der Waals surface area contributed by atoms with Crippen molar-refractivity contribution in [1.29, 1.82) is 0 Å². The van der Waals surface area contributed by atoms with Crippen LogP contribution in [0.1, 0.15) is 5.69 Å². The first kappa shape index (κ1) is 14.4. The number of nitrogens with zero attached hydrogens (tertiary/aromatic N) is 5. The maximum Gasteiger partial charge on any atom is 0.433 e. The summed E-state index contributed by atoms with van der Waals surface area (Å²) in [5.74, 6) is -0.935. The molecule has 11 heteroatoms. The van der Waals surface area contributed by atoms with E-state index in [1.165, 1.54) is 6.07 Å². The van der Waals surface area contributed by atoms with Crippen molar-refractivity contribution < 1.29 is 17.6 Å². The molecule has 4 rings (SSSR count). The number of pyridine rings is 1. The number of hydrogen-bond donors (Lipinski definition) is 2. The minimum atomic E-state index is -4.62. The summed E-state index contributed by atoms with van der Waals surface area (Å²) in [4.78, 5) is 7.74. The number of aromatic amines is 1. The molecule has 0 saturated carbocycles. The first-order chi connectivity index (χ1) is 11.3. The van der Waals surface area contributed by atoms with Crippen LogP contribution in [-0.2, 0) is 6.18 Å². The van der Waals surface area contributed by atoms with Gasteiger partial charge < -0.3 is 5.73 Å². The number of hydrogen-bond acceptors (Lipinski definition) is 5. The Hall–Kier alpha value is -3.24. The number of rotatable bonds is 1. The molecule has 0 aromatic carbocycles. The molecule has 0 aliphatic rings. The van der Waals surface area contributed by atoms with Crippen LogP contribution in [0.4, 0.5) is 23.4 Å². The second-order valence-corrected chi connectivity index (χ2v) is 4.96. The second kappa shape index (κ2) is 4.63. The van der Waals surface area contributed by atoms with Crippen molar-refractivity contribution in [2.24, 2.45) is 0 Å². The number of aromatic nitrogens is 6. The fourth-order valence-electron chi connectivity index (χ4n) is 2.38. The fraction of sp³-hybridized carbons (Fsp3) is 0.0769. The van der Waals surface area contributed by atoms with Gasteiger partial charge in [-0.15, -0.1) is 5.10 Å². The maximum absolute atomic E-state index is 13.4. The molecule has 0 amide bonds. The molecule has 24 heavy (non-hydrogen) atoms. The van der Waals surface area contributed by atoms with E-state index in [0.29, 0.717) is 4.52 Å². The second-order valence-electron chi connectivity index (χ2n) is 4.96. The highest BCUT2D eigenvalue weighted by Crippen LogP contribution is 2.32. The molecule has 0 spiro atoms. The molecule has 0 fully saturated rings. The molecular weight excluding hydrogens is 330 g/mol. The van der Waals surface area contributed by atoms with Gasteiger partial charge in [-0.05, 0) is 18.2 Å². The number of H-pyrrole nitrogens is 1. The largest absolute Gasteiger partial charge is 0.433 e. The normalized spacial score (nSPS) is 12.3. The fourth-order valence-corrected chi connectivity index (χ4v) is 2.38. The topological polar surface area (TPSA) is 97.8 Å². The van der Waals surface area contributed by atoms with Crippen LogP contribution in [0.25, 0.3) is 28.1 Å². The molecule has 0 aliphatic heterocycles. The number of fused-ring (bicyclic) bond motifs is 2. The van der Waals surface area contributed by atoms with Crippen molar-refractivity contribution in [2.75, 3.05) is 5.73 Å². The van der Waals surface area contributed by atoms with E-state index in [2.05, 4.69) is 25.3 Å². The molecule has 4 aromatic heterocycles. The highest BCUT2D eigenvalue weighted by atomic mass is 19.4. The van der Waals surface area contributed by atoms with Crippen molar-refractivity contribution in [3.8, 4) is 11.5 Å². The SMILES string of the molecule is Nc1nc(-c2[nH]nc3ncc(F)cc23)nn2c(C(F)(F)F)ccc12. The van der Waals surface area contributed by atoms with Gasteiger partial charge >= 0.3 is 6.18 Å². The average Bonchev–Trinajstić information content (AvgIpc) is 3.09. The predicted molar refractivity (Wildman–Crippen MR) is 75.2 cm³/mol. The van der Waals surface area contributed by atoms with Gasteiger partial charge in [0.05, 0.1) is 11.6 Å². The highest BCUT2D eigenvalue weighted by molar-refractivity contribution is 5.89. The van der Waals surface area contributed by atoms with Gasteiger partial charge in [0.15, 0.2) is 11.5 Å². The zero-order valence-electron chi connectivity index (χ0n) is 11.6. The molecular formula is C13H7F4N7. The van der Waals surface area contributed by atoms with E-state index in [-0.39, 0.29) is 33.9 Å². The van der Waals surface area contributed by atoms with Crippen LogP contribution < -0.4 is 5.73 Å². The number of anilines is 1. The minimum absolute atomic E-state index is 0.0131. The van der Waals surface area contributed by atoms with Crippen molar-refractivity contribution in [2.45, 2.75) is 6.18 Å². The third-order valence-corrected chi connectivity index (χ3v) is 3.43. The molecule has 0 atom stereocenters. The Morgan fingerprint density at radius 3 is 2.75 bits per heavy atom. The minimum Gasteiger partial charge on any atom is -0.382 e. The van der Waals surface area contributed by atoms with Crippen LogP contribution in [0.15, 0.2) is 24.4 Å². The van der Waals surface area contributed by atoms with Gasteiger partial charge in [-0.1, -0.05) is 0 Å². The lowest BCUT2D eigenvalue weighted by Crippen LogP contribution is -2.13. The lowest BCUT2D eigenvalue weighted by atomic mass is 10.2. The average molecular weight is 337 g/mol. The van der Waals surface area contributed by atoms with Crippen LogP contribution in [0.5, 0.6) is 0 Å². The number of nitrogen functional groups attached to an aromatic ring is 1. The smallest absolute Gasteiger partial charge is 0.382 e. The highest BCUT2D eigenvalue weighted by Gasteiger charge is 2.35. The van der Waals surface area contributed by atoms with Gasteiger partial charge in [0, 0.05) is 0 Å². The summed E-state index contributed by atoms with van der Waals surface area (Å²) in [5, 5.41) is 10.5. The third-order valence-electron chi connectivity index (χ3n) is 3.43. The van der Waals surface area contributed by atoms with Crippen LogP contribution in [0.3, 0.4) is 0 Å². The summed E-state index contributed by atoms with van der Waals surface area (Å²) in [6.45, 7) is 0. The predicted octanol–water partition coefficient (Wildman–Crippen LogP) is 2.41. The van der Waals surface area contributed by atoms with Crippen LogP contribution >= 0.6 is 0 Å². The molecule has 4 heterocycles. The quantitative estimate of drug-likeness (QED) is 0.520. The van der Waals surface area contributed by atoms with E-state index in [1.807, 2.05) is 0 Å². The van der Waals surface area contributed by atoms with E-state index in [0.717, 1.165) is 18.3 Å². The molecule has 7 nitrogen and oxygen atoms in total. The summed E-state index contributed by atoms with van der Waals surface area (Å²) in [5.41, 5.74) is 5.04. The first-order valence-electron chi connectivity index (χ1n) is 6.57. The van der Waals surface area contributed by atoms with Crippen molar-refractivity contribution in [3.05, 3.63) is 35.9 Å². The molecule has 122 valence electrons. The van der Waals surface area contributed by atoms with Gasteiger partial charge in [0.2, 0.25) is 5.82 Å². The Balaban J connectivity index is 2.01. The van der Waals surface area contributed by atoms with Crippen LogP contribution in [-0.4, -0.2) is 29.8 Å². The van der Waals surface area contributed by atoms with Crippen LogP contribution in [0.2, 0.25) is 0 Å². The number of nitrogens with two attached hydrogens (primary N) is 1. The van der Waals surface area contributed by atoms with Gasteiger partial charge in [0.25, 0.3) is 0 Å². The van der Waals surface area contributed by atoms with E-state index in [9.17, 15) is 17.6 Å². The molecule has 0 saturated heterocycles. The zero-order chi connectivity index (χ0) is 17.1. The Morgan fingerprint density at radius 2 is 2.00 bits per heavy atom. The summed E-state index contributed by atoms with van der Waals surface area (Å²) in [7, 11) is 0. The van der Waals surface area contributed by atoms with Crippen molar-refractivity contribution >= 4 is 22.4 Å². The summed E-state index contributed by atoms with van der Waals surface area (Å²) in [6, 6.07) is 3.16.